The number of halogens is 1. The van der Waals surface area contributed by atoms with Gasteiger partial charge in [-0.2, -0.15) is 0 Å². The Hall–Kier alpha value is -1.54. The molecule has 0 radical (unpaired) electrons. The molecule has 100 valence electrons. The van der Waals surface area contributed by atoms with Crippen LogP contribution in [0, 0.1) is 10.1 Å². The van der Waals surface area contributed by atoms with Crippen molar-refractivity contribution in [3.63, 3.8) is 0 Å². The van der Waals surface area contributed by atoms with E-state index >= 15 is 0 Å². The first kappa shape index (κ1) is 14.5. The molecule has 0 fully saturated rings. The summed E-state index contributed by atoms with van der Waals surface area (Å²) in [5.74, 6) is 0. The summed E-state index contributed by atoms with van der Waals surface area (Å²) in [5, 5.41) is 7.24. The van der Waals surface area contributed by atoms with Crippen LogP contribution in [-0.4, -0.2) is 44.0 Å². The van der Waals surface area contributed by atoms with Gasteiger partial charge in [0.2, 0.25) is 0 Å². The van der Waals surface area contributed by atoms with Gasteiger partial charge in [0.15, 0.2) is 0 Å². The van der Waals surface area contributed by atoms with Crippen molar-refractivity contribution in [2.45, 2.75) is 10.0 Å². The van der Waals surface area contributed by atoms with Crippen LogP contribution in [0.4, 0.5) is 4.39 Å². The molecule has 0 unspecified atom stereocenters. The summed E-state index contributed by atoms with van der Waals surface area (Å²) >= 11 is 0. The van der Waals surface area contributed by atoms with Crippen LogP contribution in [0.5, 0.6) is 0 Å². The Morgan fingerprint density at radius 2 is 1.83 bits per heavy atom. The monoisotopic (exact) mass is 276 g/mol. The van der Waals surface area contributed by atoms with Gasteiger partial charge in [-0.15, -0.1) is 4.39 Å². The number of rotatable bonds is 5. The van der Waals surface area contributed by atoms with Crippen LogP contribution in [0.25, 0.3) is 0 Å². The van der Waals surface area contributed by atoms with Crippen molar-refractivity contribution in [1.29, 1.82) is 0 Å². The summed E-state index contributed by atoms with van der Waals surface area (Å²) in [6.45, 7) is -0.850. The number of sulfone groups is 1. The van der Waals surface area contributed by atoms with Crippen LogP contribution in [0.15, 0.2) is 35.2 Å². The molecule has 6 nitrogen and oxygen atoms in total. The minimum absolute atomic E-state index is 0.411. The molecule has 0 saturated heterocycles. The standard InChI is InChI=1S/C10H13FN2O4S/c1-12(2)8-10(11,13(14)15)18(16,17)9-6-4-3-5-7-9/h3-7H,8H2,1-2H3/t10-/m0/s1. The summed E-state index contributed by atoms with van der Waals surface area (Å²) in [6, 6.07) is 6.55. The molecule has 18 heavy (non-hydrogen) atoms. The predicted octanol–water partition coefficient (Wildman–Crippen LogP) is 0.922. The van der Waals surface area contributed by atoms with Gasteiger partial charge in [-0.3, -0.25) is 15.0 Å². The molecular weight excluding hydrogens is 263 g/mol. The maximum Gasteiger partial charge on any atom is 0.475 e. The number of nitro groups is 1. The highest BCUT2D eigenvalue weighted by Gasteiger charge is 2.58. The Balaban J connectivity index is 3.35. The van der Waals surface area contributed by atoms with Crippen molar-refractivity contribution in [2.75, 3.05) is 20.6 Å². The Kier molecular flexibility index (Phi) is 4.02. The van der Waals surface area contributed by atoms with Crippen LogP contribution < -0.4 is 0 Å². The van der Waals surface area contributed by atoms with Gasteiger partial charge in [0.1, 0.15) is 6.54 Å². The molecule has 1 rings (SSSR count). The molecule has 1 aromatic carbocycles. The normalized spacial score (nSPS) is 15.3. The van der Waals surface area contributed by atoms with Crippen LogP contribution in [0.1, 0.15) is 0 Å². The fourth-order valence-corrected chi connectivity index (χ4v) is 2.91. The summed E-state index contributed by atoms with van der Waals surface area (Å²) < 4.78 is 38.3. The van der Waals surface area contributed by atoms with Crippen LogP contribution in [0.2, 0.25) is 0 Å². The first-order chi connectivity index (χ1) is 8.22. The minimum Gasteiger partial charge on any atom is -0.299 e. The highest BCUT2D eigenvalue weighted by Crippen LogP contribution is 2.28. The first-order valence-electron chi connectivity index (χ1n) is 4.99. The van der Waals surface area contributed by atoms with Gasteiger partial charge in [-0.05, 0) is 26.2 Å². The molecule has 8 heteroatoms. The largest absolute Gasteiger partial charge is 0.475 e. The molecule has 0 heterocycles. The summed E-state index contributed by atoms with van der Waals surface area (Å²) in [4.78, 5) is 10.1. The third kappa shape index (κ3) is 2.49. The zero-order chi connectivity index (χ0) is 14.0. The van der Waals surface area contributed by atoms with Crippen LogP contribution >= 0.6 is 0 Å². The van der Waals surface area contributed by atoms with Crippen molar-refractivity contribution in [3.05, 3.63) is 40.4 Å². The van der Waals surface area contributed by atoms with E-state index in [0.717, 1.165) is 17.0 Å². The molecule has 0 N–H and O–H groups in total. The van der Waals surface area contributed by atoms with E-state index in [-0.39, 0.29) is 0 Å². The van der Waals surface area contributed by atoms with Gasteiger partial charge in [0, 0.05) is 0 Å². The number of nitrogens with zero attached hydrogens (tertiary/aromatic N) is 2. The van der Waals surface area contributed by atoms with Gasteiger partial charge in [-0.25, -0.2) is 8.42 Å². The molecule has 0 aliphatic rings. The zero-order valence-corrected chi connectivity index (χ0v) is 10.7. The Labute approximate surface area is 104 Å². The van der Waals surface area contributed by atoms with Crippen LogP contribution in [0.3, 0.4) is 0 Å². The van der Waals surface area contributed by atoms with E-state index in [9.17, 15) is 22.9 Å². The topological polar surface area (TPSA) is 80.5 Å². The maximum absolute atomic E-state index is 14.3. The van der Waals surface area contributed by atoms with Gasteiger partial charge in [0.25, 0.3) is 9.84 Å². The van der Waals surface area contributed by atoms with E-state index in [4.69, 9.17) is 0 Å². The second kappa shape index (κ2) is 4.99. The molecule has 0 spiro atoms. The SMILES string of the molecule is CN(C)C[C@](F)([N+](=O)[O-])S(=O)(=O)c1ccccc1. The first-order valence-corrected chi connectivity index (χ1v) is 6.48. The molecule has 1 aromatic rings. The Bertz CT molecular complexity index is 532. The second-order valence-electron chi connectivity index (χ2n) is 4.00. The minimum atomic E-state index is -4.70. The fourth-order valence-electron chi connectivity index (χ4n) is 1.41. The third-order valence-electron chi connectivity index (χ3n) is 2.25. The van der Waals surface area contributed by atoms with E-state index in [1.165, 1.54) is 32.3 Å². The Morgan fingerprint density at radius 1 is 1.33 bits per heavy atom. The average Bonchev–Trinajstić information content (AvgIpc) is 2.28. The van der Waals surface area contributed by atoms with Gasteiger partial charge >= 0.3 is 5.12 Å². The van der Waals surface area contributed by atoms with E-state index in [2.05, 4.69) is 0 Å². The molecular formula is C10H13FN2O4S. The van der Waals surface area contributed by atoms with Crippen molar-refractivity contribution in [3.8, 4) is 0 Å². The van der Waals surface area contributed by atoms with Crippen molar-refractivity contribution in [2.24, 2.45) is 0 Å². The molecule has 0 saturated carbocycles. The predicted molar refractivity (Wildman–Crippen MR) is 63.0 cm³/mol. The number of likely N-dealkylation sites (N-methyl/N-ethyl adjacent to an activating group) is 1. The lowest BCUT2D eigenvalue weighted by molar-refractivity contribution is -0.573. The van der Waals surface area contributed by atoms with Gasteiger partial charge < -0.3 is 0 Å². The fraction of sp³-hybridized carbons (Fsp3) is 0.400. The Morgan fingerprint density at radius 3 is 2.22 bits per heavy atom. The van der Waals surface area contributed by atoms with E-state index < -0.39 is 31.3 Å². The van der Waals surface area contributed by atoms with Crippen molar-refractivity contribution in [1.82, 2.24) is 4.90 Å². The van der Waals surface area contributed by atoms with E-state index in [1.807, 2.05) is 0 Å². The molecule has 0 aliphatic carbocycles. The zero-order valence-electron chi connectivity index (χ0n) is 9.91. The molecule has 0 aromatic heterocycles. The average molecular weight is 276 g/mol. The van der Waals surface area contributed by atoms with Crippen LogP contribution in [-0.2, 0) is 9.84 Å². The van der Waals surface area contributed by atoms with Gasteiger partial charge in [0.05, 0.1) is 9.82 Å². The summed E-state index contributed by atoms with van der Waals surface area (Å²) in [6.07, 6.45) is 0. The number of alkyl halides is 1. The number of hydrogen-bond acceptors (Lipinski definition) is 5. The quantitative estimate of drug-likeness (QED) is 0.454. The summed E-state index contributed by atoms with van der Waals surface area (Å²) in [5.41, 5.74) is 0. The second-order valence-corrected chi connectivity index (χ2v) is 6.10. The lowest BCUT2D eigenvalue weighted by atomic mass is 10.4. The molecule has 0 aliphatic heterocycles. The smallest absolute Gasteiger partial charge is 0.299 e. The lowest BCUT2D eigenvalue weighted by Crippen LogP contribution is -2.49. The van der Waals surface area contributed by atoms with Crippen molar-refractivity contribution < 1.29 is 17.7 Å². The van der Waals surface area contributed by atoms with E-state index in [0.29, 0.717) is 0 Å². The number of benzene rings is 1. The molecule has 0 amide bonds. The number of hydrogen-bond donors (Lipinski definition) is 0. The van der Waals surface area contributed by atoms with Gasteiger partial charge in [-0.1, -0.05) is 18.2 Å². The molecule has 1 atom stereocenters. The third-order valence-corrected chi connectivity index (χ3v) is 4.24. The lowest BCUT2D eigenvalue weighted by Gasteiger charge is -2.20. The van der Waals surface area contributed by atoms with Crippen molar-refractivity contribution >= 4 is 9.84 Å². The maximum atomic E-state index is 14.3. The highest BCUT2D eigenvalue weighted by atomic mass is 32.2. The molecule has 0 bridgehead atoms. The van der Waals surface area contributed by atoms with E-state index in [1.54, 1.807) is 0 Å². The summed E-state index contributed by atoms with van der Waals surface area (Å²) in [7, 11) is -1.98. The highest BCUT2D eigenvalue weighted by molar-refractivity contribution is 7.92.